The number of rotatable bonds is 10. The van der Waals surface area contributed by atoms with Crippen LogP contribution in [0.3, 0.4) is 0 Å². The van der Waals surface area contributed by atoms with E-state index < -0.39 is 11.7 Å². The first-order valence-corrected chi connectivity index (χ1v) is 9.67. The van der Waals surface area contributed by atoms with Gasteiger partial charge in [0.1, 0.15) is 5.60 Å². The highest BCUT2D eigenvalue weighted by Gasteiger charge is 2.22. The van der Waals surface area contributed by atoms with Crippen molar-refractivity contribution < 1.29 is 19.1 Å². The zero-order valence-corrected chi connectivity index (χ0v) is 21.5. The van der Waals surface area contributed by atoms with Gasteiger partial charge in [-0.25, -0.2) is 4.79 Å². The fraction of sp³-hybridized carbons (Fsp3) is 0.842. The van der Waals surface area contributed by atoms with Crippen molar-refractivity contribution in [1.29, 1.82) is 0 Å². The summed E-state index contributed by atoms with van der Waals surface area (Å²) >= 11 is 0. The number of hydrogen-bond acceptors (Lipinski definition) is 5. The SMILES string of the molecule is CN=C(NCC(=O)NCCOC)N(C)CCC(NC(=O)OC(C)(C)C)C(C)C.I. The molecule has 0 saturated carbocycles. The fourth-order valence-electron chi connectivity index (χ4n) is 2.37. The molecule has 0 rings (SSSR count). The van der Waals surface area contributed by atoms with Gasteiger partial charge in [-0.2, -0.15) is 0 Å². The average molecular weight is 529 g/mol. The lowest BCUT2D eigenvalue weighted by atomic mass is 10.0. The topological polar surface area (TPSA) is 104 Å². The Balaban J connectivity index is 0. The number of carbonyl (C=O) groups is 2. The number of guanidine groups is 1. The Bertz CT molecular complexity index is 509. The molecule has 0 heterocycles. The second-order valence-corrected chi connectivity index (χ2v) is 7.95. The van der Waals surface area contributed by atoms with E-state index in [1.807, 2.05) is 32.7 Å². The van der Waals surface area contributed by atoms with Gasteiger partial charge in [-0.1, -0.05) is 13.8 Å². The number of nitrogens with one attached hydrogen (secondary N) is 3. The van der Waals surface area contributed by atoms with E-state index >= 15 is 0 Å². The predicted molar refractivity (Wildman–Crippen MR) is 127 cm³/mol. The standard InChI is InChI=1S/C19H39N5O4.HI/c1-14(2)15(23-18(26)28-19(3,4)5)9-11-24(7)17(20-6)22-13-16(25)21-10-12-27-8;/h14-15H,9-13H2,1-8H3,(H,20,22)(H,21,25)(H,23,26);1H. The molecule has 29 heavy (non-hydrogen) atoms. The number of methoxy groups -OCH3 is 1. The minimum atomic E-state index is -0.530. The summed E-state index contributed by atoms with van der Waals surface area (Å²) in [4.78, 5) is 30.0. The lowest BCUT2D eigenvalue weighted by molar-refractivity contribution is -0.120. The molecule has 0 spiro atoms. The number of amides is 2. The van der Waals surface area contributed by atoms with Crippen molar-refractivity contribution in [3.8, 4) is 0 Å². The molecule has 2 amide bonds. The molecule has 0 aromatic carbocycles. The Morgan fingerprint density at radius 3 is 2.28 bits per heavy atom. The van der Waals surface area contributed by atoms with Crippen LogP contribution >= 0.6 is 24.0 Å². The van der Waals surface area contributed by atoms with Crippen LogP contribution in [0.1, 0.15) is 41.0 Å². The minimum Gasteiger partial charge on any atom is -0.444 e. The summed E-state index contributed by atoms with van der Waals surface area (Å²) in [5, 5.41) is 8.72. The maximum absolute atomic E-state index is 12.1. The molecule has 0 aliphatic carbocycles. The molecule has 0 aliphatic heterocycles. The zero-order valence-electron chi connectivity index (χ0n) is 19.1. The first kappa shape index (κ1) is 29.9. The number of carbonyl (C=O) groups excluding carboxylic acids is 2. The van der Waals surface area contributed by atoms with Gasteiger partial charge in [-0.05, 0) is 33.1 Å². The normalized spacial score (nSPS) is 12.7. The van der Waals surface area contributed by atoms with Crippen LogP contribution in [0.25, 0.3) is 0 Å². The van der Waals surface area contributed by atoms with Crippen molar-refractivity contribution in [2.45, 2.75) is 52.7 Å². The van der Waals surface area contributed by atoms with Crippen molar-refractivity contribution in [1.82, 2.24) is 20.9 Å². The third-order valence-electron chi connectivity index (χ3n) is 3.89. The van der Waals surface area contributed by atoms with Crippen molar-refractivity contribution in [2.24, 2.45) is 10.9 Å². The van der Waals surface area contributed by atoms with Gasteiger partial charge in [-0.3, -0.25) is 9.79 Å². The second kappa shape index (κ2) is 15.5. The summed E-state index contributed by atoms with van der Waals surface area (Å²) in [6, 6.07) is -0.0345. The van der Waals surface area contributed by atoms with E-state index in [2.05, 4.69) is 34.8 Å². The molecule has 0 bridgehead atoms. The van der Waals surface area contributed by atoms with E-state index in [-0.39, 0.29) is 48.4 Å². The molecule has 0 aromatic heterocycles. The molecular weight excluding hydrogens is 489 g/mol. The Hall–Kier alpha value is -1.30. The monoisotopic (exact) mass is 529 g/mol. The third kappa shape index (κ3) is 15.2. The van der Waals surface area contributed by atoms with Gasteiger partial charge in [0, 0.05) is 40.3 Å². The van der Waals surface area contributed by atoms with Crippen LogP contribution in [-0.4, -0.2) is 81.9 Å². The van der Waals surface area contributed by atoms with Crippen LogP contribution in [0, 0.1) is 5.92 Å². The molecule has 9 nitrogen and oxygen atoms in total. The highest BCUT2D eigenvalue weighted by molar-refractivity contribution is 14.0. The van der Waals surface area contributed by atoms with Gasteiger partial charge >= 0.3 is 6.09 Å². The van der Waals surface area contributed by atoms with E-state index in [1.165, 1.54) is 0 Å². The van der Waals surface area contributed by atoms with Gasteiger partial charge in [0.05, 0.1) is 13.2 Å². The Morgan fingerprint density at radius 1 is 1.17 bits per heavy atom. The number of ether oxygens (including phenoxy) is 2. The van der Waals surface area contributed by atoms with Gasteiger partial charge in [0.25, 0.3) is 0 Å². The first-order valence-electron chi connectivity index (χ1n) is 9.67. The van der Waals surface area contributed by atoms with Crippen molar-refractivity contribution in [2.75, 3.05) is 47.4 Å². The summed E-state index contributed by atoms with van der Waals surface area (Å²) in [6.07, 6.45) is 0.304. The minimum absolute atomic E-state index is 0. The zero-order chi connectivity index (χ0) is 21.7. The third-order valence-corrected chi connectivity index (χ3v) is 3.89. The molecular formula is C19H40IN5O4. The summed E-state index contributed by atoms with van der Waals surface area (Å²) in [6.45, 7) is 11.4. The molecule has 1 unspecified atom stereocenters. The Morgan fingerprint density at radius 2 is 1.79 bits per heavy atom. The summed E-state index contributed by atoms with van der Waals surface area (Å²) in [5.41, 5.74) is -0.530. The number of hydrogen-bond donors (Lipinski definition) is 3. The van der Waals surface area contributed by atoms with Crippen molar-refractivity contribution in [3.05, 3.63) is 0 Å². The van der Waals surface area contributed by atoms with Gasteiger partial charge < -0.3 is 30.3 Å². The highest BCUT2D eigenvalue weighted by atomic mass is 127. The van der Waals surface area contributed by atoms with Crippen LogP contribution in [0.5, 0.6) is 0 Å². The molecule has 10 heteroatoms. The molecule has 3 N–H and O–H groups in total. The summed E-state index contributed by atoms with van der Waals surface area (Å²) in [5.74, 6) is 0.738. The predicted octanol–water partition coefficient (Wildman–Crippen LogP) is 1.81. The van der Waals surface area contributed by atoms with Crippen LogP contribution in [0.2, 0.25) is 0 Å². The fourth-order valence-corrected chi connectivity index (χ4v) is 2.37. The van der Waals surface area contributed by atoms with Gasteiger partial charge in [-0.15, -0.1) is 24.0 Å². The molecule has 0 saturated heterocycles. The molecule has 0 radical (unpaired) electrons. The maximum Gasteiger partial charge on any atom is 0.407 e. The lowest BCUT2D eigenvalue weighted by Crippen LogP contribution is -2.47. The van der Waals surface area contributed by atoms with Gasteiger partial charge in [0.15, 0.2) is 5.96 Å². The smallest absolute Gasteiger partial charge is 0.407 e. The molecule has 0 aliphatic rings. The van der Waals surface area contributed by atoms with Gasteiger partial charge in [0.2, 0.25) is 5.91 Å². The quantitative estimate of drug-likeness (QED) is 0.173. The van der Waals surface area contributed by atoms with Crippen LogP contribution in [0.15, 0.2) is 4.99 Å². The van der Waals surface area contributed by atoms with E-state index in [1.54, 1.807) is 14.2 Å². The Labute approximate surface area is 192 Å². The largest absolute Gasteiger partial charge is 0.444 e. The number of alkyl carbamates (subject to hydrolysis) is 1. The molecule has 0 fully saturated rings. The lowest BCUT2D eigenvalue weighted by Gasteiger charge is -2.28. The van der Waals surface area contributed by atoms with E-state index in [0.717, 1.165) is 0 Å². The Kier molecular flexibility index (Phi) is 16.0. The van der Waals surface area contributed by atoms with E-state index in [9.17, 15) is 9.59 Å². The molecule has 172 valence electrons. The highest BCUT2D eigenvalue weighted by Crippen LogP contribution is 2.11. The van der Waals surface area contributed by atoms with E-state index in [0.29, 0.717) is 32.1 Å². The molecule has 0 aromatic rings. The number of nitrogens with zero attached hydrogens (tertiary/aromatic N) is 2. The summed E-state index contributed by atoms with van der Waals surface area (Å²) < 4.78 is 10.2. The second-order valence-electron chi connectivity index (χ2n) is 7.95. The summed E-state index contributed by atoms with van der Waals surface area (Å²) in [7, 11) is 5.15. The van der Waals surface area contributed by atoms with Crippen LogP contribution in [-0.2, 0) is 14.3 Å². The van der Waals surface area contributed by atoms with Crippen LogP contribution < -0.4 is 16.0 Å². The maximum atomic E-state index is 12.1. The average Bonchev–Trinajstić information content (AvgIpc) is 2.57. The first-order chi connectivity index (χ1) is 13.0. The van der Waals surface area contributed by atoms with E-state index in [4.69, 9.17) is 9.47 Å². The number of aliphatic imine (C=N–C) groups is 1. The van der Waals surface area contributed by atoms with Crippen molar-refractivity contribution >= 4 is 41.9 Å². The number of halogens is 1. The molecule has 1 atom stereocenters. The van der Waals surface area contributed by atoms with Crippen LogP contribution in [0.4, 0.5) is 4.79 Å². The van der Waals surface area contributed by atoms with Crippen molar-refractivity contribution in [3.63, 3.8) is 0 Å².